The van der Waals surface area contributed by atoms with Gasteiger partial charge in [-0.05, 0) is 52.0 Å². The van der Waals surface area contributed by atoms with Crippen LogP contribution in [0.15, 0.2) is 30.3 Å². The van der Waals surface area contributed by atoms with Crippen molar-refractivity contribution < 1.29 is 29.1 Å². The Morgan fingerprint density at radius 3 is 2.66 bits per heavy atom. The summed E-state index contributed by atoms with van der Waals surface area (Å²) in [5, 5.41) is 12.9. The molecule has 0 aromatic heterocycles. The summed E-state index contributed by atoms with van der Waals surface area (Å²) in [6.07, 6.45) is 2.32. The molecular formula is C23H33N3O6. The van der Waals surface area contributed by atoms with Crippen LogP contribution in [0.25, 0.3) is 0 Å². The van der Waals surface area contributed by atoms with E-state index in [-0.39, 0.29) is 38.4 Å². The summed E-state index contributed by atoms with van der Waals surface area (Å²) in [5.74, 6) is -2.03. The van der Waals surface area contributed by atoms with E-state index in [0.29, 0.717) is 24.3 Å². The second-order valence-electron chi connectivity index (χ2n) is 8.61. The highest BCUT2D eigenvalue weighted by Crippen LogP contribution is 2.27. The molecule has 2 rings (SSSR count). The van der Waals surface area contributed by atoms with Gasteiger partial charge < -0.3 is 15.0 Å². The Balaban J connectivity index is 2.18. The lowest BCUT2D eigenvalue weighted by atomic mass is 9.96. The summed E-state index contributed by atoms with van der Waals surface area (Å²) in [6, 6.07) is 8.43. The number of benzene rings is 1. The fourth-order valence-electron chi connectivity index (χ4n) is 3.94. The fraction of sp³-hybridized carbons (Fsp3) is 0.565. The van der Waals surface area contributed by atoms with E-state index in [1.54, 1.807) is 6.92 Å². The smallest absolute Gasteiger partial charge is 0.325 e. The Morgan fingerprint density at radius 1 is 1.34 bits per heavy atom. The Labute approximate surface area is 188 Å². The highest BCUT2D eigenvalue weighted by molar-refractivity contribution is 5.91. The van der Waals surface area contributed by atoms with Gasteiger partial charge in [-0.1, -0.05) is 30.3 Å². The van der Waals surface area contributed by atoms with Crippen LogP contribution in [0.4, 0.5) is 0 Å². The van der Waals surface area contributed by atoms with Crippen molar-refractivity contribution in [2.24, 2.45) is 5.92 Å². The number of carbonyl (C=O) groups is 4. The van der Waals surface area contributed by atoms with Crippen LogP contribution in [-0.4, -0.2) is 70.6 Å². The van der Waals surface area contributed by atoms with E-state index >= 15 is 0 Å². The monoisotopic (exact) mass is 447 g/mol. The van der Waals surface area contributed by atoms with Crippen molar-refractivity contribution in [1.29, 1.82) is 0 Å². The fourth-order valence-corrected chi connectivity index (χ4v) is 3.94. The molecule has 32 heavy (non-hydrogen) atoms. The second-order valence-corrected chi connectivity index (χ2v) is 8.61. The molecule has 9 nitrogen and oxygen atoms in total. The lowest BCUT2D eigenvalue weighted by Crippen LogP contribution is -2.56. The number of carbonyl (C=O) groups excluding carboxylic acids is 4. The molecule has 0 saturated carbocycles. The molecule has 1 aromatic rings. The van der Waals surface area contributed by atoms with E-state index in [2.05, 4.69) is 5.32 Å². The molecule has 1 heterocycles. The van der Waals surface area contributed by atoms with Gasteiger partial charge in [0.05, 0.1) is 19.1 Å². The van der Waals surface area contributed by atoms with Crippen LogP contribution in [0.1, 0.15) is 45.6 Å². The van der Waals surface area contributed by atoms with Gasteiger partial charge >= 0.3 is 5.97 Å². The molecule has 0 radical (unpaired) electrons. The number of hydrogen-bond donors (Lipinski definition) is 2. The van der Waals surface area contributed by atoms with Crippen molar-refractivity contribution in [3.63, 3.8) is 0 Å². The molecule has 1 aliphatic rings. The minimum atomic E-state index is -0.805. The summed E-state index contributed by atoms with van der Waals surface area (Å²) < 4.78 is 5.02. The standard InChI is InChI=1S/C23H33N3O6/c1-4-32-20(28)15-26-22(30)19(11-8-12-23(26,2)3)24-21(29)18(14-25(31)16-27)13-17-9-6-5-7-10-17/h5-7,9-10,16,18-19,31H,4,8,11-15H2,1-3H3,(H,24,29)/t18-,19+/m1/s1. The summed E-state index contributed by atoms with van der Waals surface area (Å²) in [7, 11) is 0. The van der Waals surface area contributed by atoms with Gasteiger partial charge in [0.25, 0.3) is 0 Å². The molecule has 3 amide bonds. The molecule has 0 aliphatic carbocycles. The van der Waals surface area contributed by atoms with Crippen LogP contribution in [0.2, 0.25) is 0 Å². The molecule has 2 N–H and O–H groups in total. The third-order valence-electron chi connectivity index (χ3n) is 5.71. The van der Waals surface area contributed by atoms with Crippen molar-refractivity contribution in [3.05, 3.63) is 35.9 Å². The van der Waals surface area contributed by atoms with Gasteiger partial charge in [0, 0.05) is 5.54 Å². The van der Waals surface area contributed by atoms with Crippen molar-refractivity contribution in [3.8, 4) is 0 Å². The van der Waals surface area contributed by atoms with Crippen LogP contribution < -0.4 is 5.32 Å². The van der Waals surface area contributed by atoms with Gasteiger partial charge in [-0.2, -0.15) is 0 Å². The minimum Gasteiger partial charge on any atom is -0.465 e. The van der Waals surface area contributed by atoms with E-state index in [0.717, 1.165) is 5.56 Å². The first-order chi connectivity index (χ1) is 15.2. The summed E-state index contributed by atoms with van der Waals surface area (Å²) in [4.78, 5) is 50.8. The molecule has 176 valence electrons. The maximum absolute atomic E-state index is 13.3. The van der Waals surface area contributed by atoms with Crippen LogP contribution in [0.5, 0.6) is 0 Å². The van der Waals surface area contributed by atoms with E-state index in [9.17, 15) is 24.4 Å². The molecule has 1 aliphatic heterocycles. The number of ether oxygens (including phenoxy) is 1. The Hall–Kier alpha value is -2.94. The predicted molar refractivity (Wildman–Crippen MR) is 116 cm³/mol. The van der Waals surface area contributed by atoms with Crippen LogP contribution >= 0.6 is 0 Å². The van der Waals surface area contributed by atoms with Crippen LogP contribution in [-0.2, 0) is 30.3 Å². The molecular weight excluding hydrogens is 414 g/mol. The molecule has 1 aromatic carbocycles. The van der Waals surface area contributed by atoms with Crippen LogP contribution in [0.3, 0.4) is 0 Å². The highest BCUT2D eigenvalue weighted by atomic mass is 16.5. The van der Waals surface area contributed by atoms with E-state index < -0.39 is 29.4 Å². The highest BCUT2D eigenvalue weighted by Gasteiger charge is 2.40. The number of hydroxylamine groups is 2. The predicted octanol–water partition coefficient (Wildman–Crippen LogP) is 1.53. The number of esters is 1. The van der Waals surface area contributed by atoms with Crippen molar-refractivity contribution >= 4 is 24.2 Å². The number of rotatable bonds is 10. The zero-order valence-electron chi connectivity index (χ0n) is 19.0. The Kier molecular flexibility index (Phi) is 9.19. The summed E-state index contributed by atoms with van der Waals surface area (Å²) in [6.45, 7) is 5.31. The largest absolute Gasteiger partial charge is 0.465 e. The maximum Gasteiger partial charge on any atom is 0.325 e. The van der Waals surface area contributed by atoms with Gasteiger partial charge in [-0.15, -0.1) is 0 Å². The SMILES string of the molecule is CCOC(=O)CN1C(=O)[C@@H](NC(=O)[C@H](Cc2ccccc2)CN(O)C=O)CCCC1(C)C. The minimum absolute atomic E-state index is 0.185. The second kappa shape index (κ2) is 11.6. The zero-order chi connectivity index (χ0) is 23.7. The average Bonchev–Trinajstić information content (AvgIpc) is 2.85. The number of nitrogens with one attached hydrogen (secondary N) is 1. The van der Waals surface area contributed by atoms with Crippen LogP contribution in [0, 0.1) is 5.92 Å². The third kappa shape index (κ3) is 7.05. The number of hydrogen-bond acceptors (Lipinski definition) is 6. The summed E-state index contributed by atoms with van der Waals surface area (Å²) in [5.41, 5.74) is 0.302. The molecule has 2 atom stereocenters. The first-order valence-corrected chi connectivity index (χ1v) is 10.9. The third-order valence-corrected chi connectivity index (χ3v) is 5.71. The van der Waals surface area contributed by atoms with Gasteiger partial charge in [0.15, 0.2) is 0 Å². The van der Waals surface area contributed by atoms with Gasteiger partial charge in [-0.25, -0.2) is 5.06 Å². The van der Waals surface area contributed by atoms with E-state index in [1.165, 1.54) is 4.90 Å². The van der Waals surface area contributed by atoms with Gasteiger partial charge in [0.1, 0.15) is 12.6 Å². The number of nitrogens with zero attached hydrogens (tertiary/aromatic N) is 2. The molecule has 1 saturated heterocycles. The average molecular weight is 448 g/mol. The first-order valence-electron chi connectivity index (χ1n) is 10.9. The topological polar surface area (TPSA) is 116 Å². The lowest BCUT2D eigenvalue weighted by molar-refractivity contribution is -0.155. The molecule has 9 heteroatoms. The molecule has 0 unspecified atom stereocenters. The summed E-state index contributed by atoms with van der Waals surface area (Å²) >= 11 is 0. The van der Waals surface area contributed by atoms with Gasteiger partial charge in [0.2, 0.25) is 18.2 Å². The Bertz CT molecular complexity index is 798. The quantitative estimate of drug-likeness (QED) is 0.243. The lowest BCUT2D eigenvalue weighted by Gasteiger charge is -2.37. The van der Waals surface area contributed by atoms with E-state index in [1.807, 2.05) is 44.2 Å². The van der Waals surface area contributed by atoms with Crippen molar-refractivity contribution in [2.75, 3.05) is 19.7 Å². The maximum atomic E-state index is 13.3. The van der Waals surface area contributed by atoms with Gasteiger partial charge in [-0.3, -0.25) is 24.4 Å². The van der Waals surface area contributed by atoms with Crippen molar-refractivity contribution in [2.45, 2.75) is 58.0 Å². The number of likely N-dealkylation sites (tertiary alicyclic amines) is 1. The first kappa shape index (κ1) is 25.3. The normalized spacial score (nSPS) is 18.9. The van der Waals surface area contributed by atoms with E-state index in [4.69, 9.17) is 4.74 Å². The molecule has 0 spiro atoms. The number of amides is 3. The molecule has 1 fully saturated rings. The van der Waals surface area contributed by atoms with Crippen molar-refractivity contribution in [1.82, 2.24) is 15.3 Å². The zero-order valence-corrected chi connectivity index (χ0v) is 19.0. The Morgan fingerprint density at radius 2 is 2.03 bits per heavy atom. The molecule has 0 bridgehead atoms.